The van der Waals surface area contributed by atoms with Gasteiger partial charge >= 0.3 is 0 Å². The number of hydrogen-bond acceptors (Lipinski definition) is 4. The number of hydrogen-bond donors (Lipinski definition) is 1. The molecule has 1 heterocycles. The minimum absolute atomic E-state index is 0.222. The summed E-state index contributed by atoms with van der Waals surface area (Å²) >= 11 is 0. The summed E-state index contributed by atoms with van der Waals surface area (Å²) in [5.41, 5.74) is -0.222. The SMILES string of the molecule is CCC(C)N(Cc1ccc(C)o1)CC(O)COC(C)(C)C. The third-order valence-electron chi connectivity index (χ3n) is 3.52. The lowest BCUT2D eigenvalue weighted by Gasteiger charge is -2.30. The third-order valence-corrected chi connectivity index (χ3v) is 3.52. The fourth-order valence-electron chi connectivity index (χ4n) is 2.10. The molecular weight excluding hydrogens is 266 g/mol. The van der Waals surface area contributed by atoms with E-state index in [1.165, 1.54) is 0 Å². The van der Waals surface area contributed by atoms with E-state index in [0.29, 0.717) is 19.2 Å². The van der Waals surface area contributed by atoms with Gasteiger partial charge in [-0.15, -0.1) is 0 Å². The van der Waals surface area contributed by atoms with E-state index in [9.17, 15) is 5.11 Å². The van der Waals surface area contributed by atoms with Crippen molar-refractivity contribution in [3.63, 3.8) is 0 Å². The molecule has 122 valence electrons. The van der Waals surface area contributed by atoms with Crippen LogP contribution in [0.5, 0.6) is 0 Å². The van der Waals surface area contributed by atoms with Crippen LogP contribution < -0.4 is 0 Å². The molecule has 0 aliphatic rings. The van der Waals surface area contributed by atoms with Crippen molar-refractivity contribution in [1.82, 2.24) is 4.90 Å². The summed E-state index contributed by atoms with van der Waals surface area (Å²) in [4.78, 5) is 2.24. The van der Waals surface area contributed by atoms with Crippen molar-refractivity contribution in [3.05, 3.63) is 23.7 Å². The standard InChI is InChI=1S/C17H31NO3/c1-7-13(2)18(11-16-9-8-14(3)21-16)10-15(19)12-20-17(4,5)6/h8-9,13,15,19H,7,10-12H2,1-6H3. The summed E-state index contributed by atoms with van der Waals surface area (Å²) < 4.78 is 11.3. The zero-order valence-electron chi connectivity index (χ0n) is 14.3. The highest BCUT2D eigenvalue weighted by Gasteiger charge is 2.20. The average molecular weight is 297 g/mol. The van der Waals surface area contributed by atoms with E-state index in [0.717, 1.165) is 24.5 Å². The first-order valence-electron chi connectivity index (χ1n) is 7.82. The maximum absolute atomic E-state index is 10.2. The highest BCUT2D eigenvalue weighted by molar-refractivity contribution is 5.05. The molecule has 2 atom stereocenters. The Labute approximate surface area is 129 Å². The van der Waals surface area contributed by atoms with E-state index in [1.807, 2.05) is 39.8 Å². The highest BCUT2D eigenvalue weighted by Crippen LogP contribution is 2.15. The minimum atomic E-state index is -0.491. The van der Waals surface area contributed by atoms with Gasteiger partial charge in [0.25, 0.3) is 0 Å². The Hall–Kier alpha value is -0.840. The average Bonchev–Trinajstić information content (AvgIpc) is 2.79. The first kappa shape index (κ1) is 18.2. The van der Waals surface area contributed by atoms with Crippen LogP contribution in [-0.4, -0.2) is 40.9 Å². The Kier molecular flexibility index (Phi) is 6.91. The molecule has 1 aromatic rings. The lowest BCUT2D eigenvalue weighted by Crippen LogP contribution is -2.40. The predicted molar refractivity (Wildman–Crippen MR) is 85.3 cm³/mol. The van der Waals surface area contributed by atoms with Crippen molar-refractivity contribution >= 4 is 0 Å². The van der Waals surface area contributed by atoms with Crippen LogP contribution in [0.4, 0.5) is 0 Å². The Balaban J connectivity index is 2.57. The summed E-state index contributed by atoms with van der Waals surface area (Å²) in [6.45, 7) is 13.9. The number of aryl methyl sites for hydroxylation is 1. The Morgan fingerprint density at radius 2 is 2.00 bits per heavy atom. The van der Waals surface area contributed by atoms with E-state index < -0.39 is 6.10 Å². The lowest BCUT2D eigenvalue weighted by molar-refractivity contribution is -0.0597. The number of ether oxygens (including phenoxy) is 1. The normalized spacial score (nSPS) is 15.4. The first-order chi connectivity index (χ1) is 9.71. The van der Waals surface area contributed by atoms with Crippen molar-refractivity contribution in [3.8, 4) is 0 Å². The van der Waals surface area contributed by atoms with E-state index in [4.69, 9.17) is 9.15 Å². The van der Waals surface area contributed by atoms with E-state index in [2.05, 4.69) is 18.7 Å². The monoisotopic (exact) mass is 297 g/mol. The van der Waals surface area contributed by atoms with Gasteiger partial charge in [0.05, 0.1) is 24.9 Å². The van der Waals surface area contributed by atoms with Crippen LogP contribution in [-0.2, 0) is 11.3 Å². The summed E-state index contributed by atoms with van der Waals surface area (Å²) in [5, 5.41) is 10.2. The van der Waals surface area contributed by atoms with Crippen LogP contribution in [0.2, 0.25) is 0 Å². The molecule has 1 aromatic heterocycles. The molecule has 0 aliphatic heterocycles. The smallest absolute Gasteiger partial charge is 0.118 e. The summed E-state index contributed by atoms with van der Waals surface area (Å²) in [5.74, 6) is 1.86. The van der Waals surface area contributed by atoms with Crippen LogP contribution in [0.15, 0.2) is 16.5 Å². The lowest BCUT2D eigenvalue weighted by atomic mass is 10.1. The van der Waals surface area contributed by atoms with Gasteiger partial charge in [-0.3, -0.25) is 4.90 Å². The number of aliphatic hydroxyl groups is 1. The quantitative estimate of drug-likeness (QED) is 0.799. The van der Waals surface area contributed by atoms with Gasteiger partial charge in [-0.05, 0) is 53.2 Å². The number of furan rings is 1. The molecule has 0 spiro atoms. The molecule has 0 fully saturated rings. The number of rotatable bonds is 8. The van der Waals surface area contributed by atoms with E-state index in [-0.39, 0.29) is 5.60 Å². The molecular formula is C17H31NO3. The van der Waals surface area contributed by atoms with Gasteiger partial charge in [0, 0.05) is 12.6 Å². The van der Waals surface area contributed by atoms with Crippen LogP contribution >= 0.6 is 0 Å². The topological polar surface area (TPSA) is 45.8 Å². The molecule has 1 N–H and O–H groups in total. The van der Waals surface area contributed by atoms with Crippen LogP contribution in [0.25, 0.3) is 0 Å². The van der Waals surface area contributed by atoms with Gasteiger partial charge in [0.2, 0.25) is 0 Å². The zero-order chi connectivity index (χ0) is 16.0. The van der Waals surface area contributed by atoms with Gasteiger partial charge in [-0.25, -0.2) is 0 Å². The largest absolute Gasteiger partial charge is 0.465 e. The molecule has 0 saturated carbocycles. The van der Waals surface area contributed by atoms with E-state index >= 15 is 0 Å². The molecule has 1 rings (SSSR count). The van der Waals surface area contributed by atoms with Crippen molar-refractivity contribution in [2.75, 3.05) is 13.2 Å². The van der Waals surface area contributed by atoms with Gasteiger partial charge < -0.3 is 14.3 Å². The van der Waals surface area contributed by atoms with Crippen molar-refractivity contribution in [2.24, 2.45) is 0 Å². The van der Waals surface area contributed by atoms with Crippen molar-refractivity contribution in [1.29, 1.82) is 0 Å². The molecule has 0 aliphatic carbocycles. The highest BCUT2D eigenvalue weighted by atomic mass is 16.5. The minimum Gasteiger partial charge on any atom is -0.465 e. The van der Waals surface area contributed by atoms with Crippen molar-refractivity contribution < 1.29 is 14.3 Å². The fourth-order valence-corrected chi connectivity index (χ4v) is 2.10. The second kappa shape index (κ2) is 7.97. The fraction of sp³-hybridized carbons (Fsp3) is 0.765. The third kappa shape index (κ3) is 7.11. The number of aliphatic hydroxyl groups excluding tert-OH is 1. The van der Waals surface area contributed by atoms with Crippen molar-refractivity contribution in [2.45, 2.75) is 72.3 Å². The second-order valence-corrected chi connectivity index (χ2v) is 6.78. The Morgan fingerprint density at radius 1 is 1.33 bits per heavy atom. The molecule has 4 heteroatoms. The maximum Gasteiger partial charge on any atom is 0.118 e. The molecule has 0 saturated heterocycles. The predicted octanol–water partition coefficient (Wildman–Crippen LogP) is 3.36. The first-order valence-corrected chi connectivity index (χ1v) is 7.82. The second-order valence-electron chi connectivity index (χ2n) is 6.78. The molecule has 21 heavy (non-hydrogen) atoms. The summed E-state index contributed by atoms with van der Waals surface area (Å²) in [7, 11) is 0. The maximum atomic E-state index is 10.2. The van der Waals surface area contributed by atoms with Gasteiger partial charge in [0.1, 0.15) is 11.5 Å². The Morgan fingerprint density at radius 3 is 2.48 bits per heavy atom. The van der Waals surface area contributed by atoms with Crippen LogP contribution in [0.3, 0.4) is 0 Å². The van der Waals surface area contributed by atoms with E-state index in [1.54, 1.807) is 0 Å². The van der Waals surface area contributed by atoms with Gasteiger partial charge in [0.15, 0.2) is 0 Å². The molecule has 4 nitrogen and oxygen atoms in total. The molecule has 0 radical (unpaired) electrons. The van der Waals surface area contributed by atoms with Crippen LogP contribution in [0.1, 0.15) is 52.6 Å². The molecule has 0 bridgehead atoms. The van der Waals surface area contributed by atoms with Gasteiger partial charge in [-0.2, -0.15) is 0 Å². The Bertz CT molecular complexity index is 408. The summed E-state index contributed by atoms with van der Waals surface area (Å²) in [6.07, 6.45) is 0.543. The zero-order valence-corrected chi connectivity index (χ0v) is 14.3. The molecule has 2 unspecified atom stereocenters. The van der Waals surface area contributed by atoms with Crippen LogP contribution in [0, 0.1) is 6.92 Å². The molecule has 0 aromatic carbocycles. The summed E-state index contributed by atoms with van der Waals surface area (Å²) in [6, 6.07) is 4.37. The van der Waals surface area contributed by atoms with Gasteiger partial charge in [-0.1, -0.05) is 6.92 Å². The molecule has 0 amide bonds. The number of nitrogens with zero attached hydrogens (tertiary/aromatic N) is 1.